The lowest BCUT2D eigenvalue weighted by atomic mass is 9.64. The van der Waals surface area contributed by atoms with Crippen molar-refractivity contribution in [3.63, 3.8) is 0 Å². The molecule has 1 aromatic carbocycles. The average Bonchev–Trinajstić information content (AvgIpc) is 2.91. The molecule has 3 rings (SSSR count). The van der Waals surface area contributed by atoms with Gasteiger partial charge in [0.05, 0.1) is 11.0 Å². The Kier molecular flexibility index (Phi) is 3.13. The smallest absolute Gasteiger partial charge is 0.273 e. The Morgan fingerprint density at radius 3 is 2.74 bits per heavy atom. The zero-order valence-electron chi connectivity index (χ0n) is 10.5. The molecule has 2 unspecified atom stereocenters. The predicted octanol–water partition coefficient (Wildman–Crippen LogP) is 3.91. The van der Waals surface area contributed by atoms with Crippen LogP contribution in [0.5, 0.6) is 5.75 Å². The molecule has 1 spiro atoms. The number of benzene rings is 1. The van der Waals surface area contributed by atoms with Gasteiger partial charge in [-0.2, -0.15) is 0 Å². The second kappa shape index (κ2) is 4.67. The van der Waals surface area contributed by atoms with Crippen molar-refractivity contribution in [2.75, 3.05) is 0 Å². The fraction of sp³-hybridized carbons (Fsp3) is 0.571. The Balaban J connectivity index is 1.75. The first-order valence-corrected chi connectivity index (χ1v) is 7.11. The van der Waals surface area contributed by atoms with Gasteiger partial charge in [0.2, 0.25) is 0 Å². The first kappa shape index (κ1) is 12.7. The van der Waals surface area contributed by atoms with E-state index < -0.39 is 4.92 Å². The van der Waals surface area contributed by atoms with Crippen molar-refractivity contribution in [1.82, 2.24) is 0 Å². The summed E-state index contributed by atoms with van der Waals surface area (Å²) in [7, 11) is 0. The third kappa shape index (κ3) is 2.08. The monoisotopic (exact) mass is 281 g/mol. The first-order chi connectivity index (χ1) is 9.12. The highest BCUT2D eigenvalue weighted by atomic mass is 35.5. The SMILES string of the molecule is O=[N+]([O-])c1cccc(OC2CC(Cl)C23CCCC3)c1. The molecule has 2 saturated carbocycles. The van der Waals surface area contributed by atoms with Crippen LogP contribution in [0, 0.1) is 15.5 Å². The maximum absolute atomic E-state index is 10.8. The molecule has 2 fully saturated rings. The molecule has 0 heterocycles. The summed E-state index contributed by atoms with van der Waals surface area (Å²) in [5.74, 6) is 0.578. The van der Waals surface area contributed by atoms with Gasteiger partial charge in [0.15, 0.2) is 0 Å². The minimum atomic E-state index is -0.399. The number of rotatable bonds is 3. The predicted molar refractivity (Wildman–Crippen MR) is 72.7 cm³/mol. The fourth-order valence-electron chi connectivity index (χ4n) is 3.37. The van der Waals surface area contributed by atoms with Gasteiger partial charge in [0.25, 0.3) is 5.69 Å². The van der Waals surface area contributed by atoms with Gasteiger partial charge < -0.3 is 4.74 Å². The number of halogens is 1. The Morgan fingerprint density at radius 1 is 1.37 bits per heavy atom. The molecule has 2 atom stereocenters. The Hall–Kier alpha value is -1.29. The van der Waals surface area contributed by atoms with E-state index in [1.165, 1.54) is 25.0 Å². The van der Waals surface area contributed by atoms with Crippen LogP contribution < -0.4 is 4.74 Å². The Bertz CT molecular complexity index is 499. The summed E-state index contributed by atoms with van der Waals surface area (Å²) in [6, 6.07) is 6.40. The van der Waals surface area contributed by atoms with Crippen LogP contribution in [0.4, 0.5) is 5.69 Å². The van der Waals surface area contributed by atoms with Crippen LogP contribution in [0.15, 0.2) is 24.3 Å². The molecule has 0 amide bonds. The van der Waals surface area contributed by atoms with Gasteiger partial charge in [-0.25, -0.2) is 0 Å². The van der Waals surface area contributed by atoms with E-state index in [2.05, 4.69) is 0 Å². The molecule has 0 bridgehead atoms. The molecule has 0 radical (unpaired) electrons. The van der Waals surface area contributed by atoms with Gasteiger partial charge in [-0.15, -0.1) is 11.6 Å². The van der Waals surface area contributed by atoms with Crippen molar-refractivity contribution in [2.45, 2.75) is 43.6 Å². The maximum Gasteiger partial charge on any atom is 0.273 e. The maximum atomic E-state index is 10.8. The number of alkyl halides is 1. The van der Waals surface area contributed by atoms with Crippen molar-refractivity contribution in [3.05, 3.63) is 34.4 Å². The van der Waals surface area contributed by atoms with Gasteiger partial charge in [-0.05, 0) is 18.9 Å². The van der Waals surface area contributed by atoms with E-state index in [1.54, 1.807) is 12.1 Å². The van der Waals surface area contributed by atoms with Crippen LogP contribution in [0.2, 0.25) is 0 Å². The van der Waals surface area contributed by atoms with Crippen molar-refractivity contribution >= 4 is 17.3 Å². The van der Waals surface area contributed by atoms with Gasteiger partial charge >= 0.3 is 0 Å². The number of nitrogens with zero attached hydrogens (tertiary/aromatic N) is 1. The van der Waals surface area contributed by atoms with Crippen molar-refractivity contribution in [3.8, 4) is 5.75 Å². The number of hydrogen-bond donors (Lipinski definition) is 0. The van der Waals surface area contributed by atoms with Crippen LogP contribution in [0.1, 0.15) is 32.1 Å². The highest BCUT2D eigenvalue weighted by molar-refractivity contribution is 6.21. The molecule has 1 aromatic rings. The molecule has 5 heteroatoms. The van der Waals surface area contributed by atoms with E-state index in [4.69, 9.17) is 16.3 Å². The van der Waals surface area contributed by atoms with E-state index in [9.17, 15) is 10.1 Å². The highest BCUT2D eigenvalue weighted by Gasteiger charge is 2.56. The quantitative estimate of drug-likeness (QED) is 0.479. The molecule has 0 N–H and O–H groups in total. The minimum Gasteiger partial charge on any atom is -0.489 e. The normalized spacial score (nSPS) is 28.1. The molecule has 0 aliphatic heterocycles. The summed E-state index contributed by atoms with van der Waals surface area (Å²) in [6.07, 6.45) is 5.58. The summed E-state index contributed by atoms with van der Waals surface area (Å²) >= 11 is 6.37. The van der Waals surface area contributed by atoms with E-state index in [1.807, 2.05) is 0 Å². The van der Waals surface area contributed by atoms with Crippen LogP contribution in [-0.4, -0.2) is 16.4 Å². The van der Waals surface area contributed by atoms with Gasteiger partial charge in [-0.1, -0.05) is 18.9 Å². The Labute approximate surface area is 116 Å². The van der Waals surface area contributed by atoms with Crippen LogP contribution in [0.25, 0.3) is 0 Å². The van der Waals surface area contributed by atoms with Gasteiger partial charge in [-0.3, -0.25) is 10.1 Å². The van der Waals surface area contributed by atoms with E-state index in [-0.39, 0.29) is 22.6 Å². The third-order valence-corrected chi connectivity index (χ3v) is 5.14. The van der Waals surface area contributed by atoms with Crippen molar-refractivity contribution in [1.29, 1.82) is 0 Å². The van der Waals surface area contributed by atoms with Crippen LogP contribution >= 0.6 is 11.6 Å². The topological polar surface area (TPSA) is 52.4 Å². The third-order valence-electron chi connectivity index (χ3n) is 4.53. The first-order valence-electron chi connectivity index (χ1n) is 6.67. The standard InChI is InChI=1S/C14H16ClNO3/c15-12-9-13(14(12)6-1-2-7-14)19-11-5-3-4-10(8-11)16(17)18/h3-5,8,12-13H,1-2,6-7,9H2. The zero-order valence-corrected chi connectivity index (χ0v) is 11.3. The largest absolute Gasteiger partial charge is 0.489 e. The van der Waals surface area contributed by atoms with Gasteiger partial charge in [0.1, 0.15) is 11.9 Å². The molecule has 4 nitrogen and oxygen atoms in total. The number of nitro groups is 1. The summed E-state index contributed by atoms with van der Waals surface area (Å²) in [4.78, 5) is 10.4. The van der Waals surface area contributed by atoms with E-state index in [0.29, 0.717) is 5.75 Å². The number of non-ortho nitro benzene ring substituents is 1. The second-order valence-corrected chi connectivity index (χ2v) is 6.03. The van der Waals surface area contributed by atoms with Crippen LogP contribution in [0.3, 0.4) is 0 Å². The summed E-state index contributed by atoms with van der Waals surface area (Å²) < 4.78 is 5.96. The minimum absolute atomic E-state index is 0.0692. The summed E-state index contributed by atoms with van der Waals surface area (Å²) in [5, 5.41) is 10.9. The highest BCUT2D eigenvalue weighted by Crippen LogP contribution is 2.57. The van der Waals surface area contributed by atoms with Crippen molar-refractivity contribution < 1.29 is 9.66 Å². The lowest BCUT2D eigenvalue weighted by Crippen LogP contribution is -2.55. The summed E-state index contributed by atoms with van der Waals surface area (Å²) in [6.45, 7) is 0. The molecule has 0 aromatic heterocycles. The van der Waals surface area contributed by atoms with Crippen molar-refractivity contribution in [2.24, 2.45) is 5.41 Å². The average molecular weight is 282 g/mol. The molecule has 19 heavy (non-hydrogen) atoms. The zero-order chi connectivity index (χ0) is 13.5. The number of nitro benzene ring substituents is 1. The van der Waals surface area contributed by atoms with Crippen LogP contribution in [-0.2, 0) is 0 Å². The molecule has 2 aliphatic rings. The van der Waals surface area contributed by atoms with E-state index >= 15 is 0 Å². The molecule has 2 aliphatic carbocycles. The molecular formula is C14H16ClNO3. The number of ether oxygens (including phenoxy) is 1. The lowest BCUT2D eigenvalue weighted by molar-refractivity contribution is -0.385. The molecular weight excluding hydrogens is 266 g/mol. The summed E-state index contributed by atoms with van der Waals surface area (Å²) in [5.41, 5.74) is 0.173. The second-order valence-electron chi connectivity index (χ2n) is 5.50. The number of hydrogen-bond acceptors (Lipinski definition) is 3. The van der Waals surface area contributed by atoms with Gasteiger partial charge in [0, 0.05) is 23.3 Å². The fourth-order valence-corrected chi connectivity index (χ4v) is 3.89. The molecule has 0 saturated heterocycles. The lowest BCUT2D eigenvalue weighted by Gasteiger charge is -2.50. The molecule has 102 valence electrons. The Morgan fingerprint density at radius 2 is 2.11 bits per heavy atom. The van der Waals surface area contributed by atoms with E-state index in [0.717, 1.165) is 19.3 Å².